The molecule has 1 aromatic heterocycles. The van der Waals surface area contributed by atoms with Gasteiger partial charge in [0.2, 0.25) is 0 Å². The first kappa shape index (κ1) is 8.81. The highest BCUT2D eigenvalue weighted by atomic mass is 16.5. The van der Waals surface area contributed by atoms with Gasteiger partial charge in [0.15, 0.2) is 0 Å². The van der Waals surface area contributed by atoms with Crippen LogP contribution in [-0.2, 0) is 0 Å². The van der Waals surface area contributed by atoms with Gasteiger partial charge in [-0.15, -0.1) is 0 Å². The maximum absolute atomic E-state index is 5.16. The summed E-state index contributed by atoms with van der Waals surface area (Å²) in [7, 11) is 1.66. The van der Waals surface area contributed by atoms with Crippen molar-refractivity contribution in [2.75, 3.05) is 7.11 Å². The van der Waals surface area contributed by atoms with E-state index in [2.05, 4.69) is 4.98 Å². The zero-order valence-electron chi connectivity index (χ0n) is 8.27. The molecule has 0 saturated heterocycles. The topological polar surface area (TPSA) is 27.1 Å². The first-order valence-corrected chi connectivity index (χ1v) is 4.48. The highest BCUT2D eigenvalue weighted by Crippen LogP contribution is 2.19. The Labute approximate surface area is 82.6 Å². The van der Waals surface area contributed by atoms with E-state index in [0.29, 0.717) is 0 Å². The van der Waals surface area contributed by atoms with Gasteiger partial charge < -0.3 is 9.30 Å². The number of fused-ring (bicyclic) bond motifs is 1. The van der Waals surface area contributed by atoms with Crippen molar-refractivity contribution in [1.29, 1.82) is 0 Å². The van der Waals surface area contributed by atoms with Gasteiger partial charge in [-0.2, -0.15) is 0 Å². The summed E-state index contributed by atoms with van der Waals surface area (Å²) in [4.78, 5) is 4.27. The Balaban J connectivity index is 2.63. The van der Waals surface area contributed by atoms with Gasteiger partial charge in [0.05, 0.1) is 24.5 Å². The van der Waals surface area contributed by atoms with Crippen LogP contribution in [0.5, 0.6) is 5.75 Å². The van der Waals surface area contributed by atoms with E-state index < -0.39 is 0 Å². The summed E-state index contributed by atoms with van der Waals surface area (Å²) < 4.78 is 7.13. The summed E-state index contributed by atoms with van der Waals surface area (Å²) >= 11 is 0. The van der Waals surface area contributed by atoms with Crippen LogP contribution in [0.1, 0.15) is 6.92 Å². The largest absolute Gasteiger partial charge is 0.497 e. The maximum Gasteiger partial charge on any atom is 0.121 e. The monoisotopic (exact) mass is 188 g/mol. The van der Waals surface area contributed by atoms with Crippen molar-refractivity contribution in [1.82, 2.24) is 9.55 Å². The molecule has 0 unspecified atom stereocenters. The predicted molar refractivity (Wildman–Crippen MR) is 57.3 cm³/mol. The third-order valence-electron chi connectivity index (χ3n) is 2.09. The van der Waals surface area contributed by atoms with Gasteiger partial charge in [-0.3, -0.25) is 0 Å². The lowest BCUT2D eigenvalue weighted by atomic mass is 10.3. The van der Waals surface area contributed by atoms with Crippen LogP contribution in [0.25, 0.3) is 17.2 Å². The van der Waals surface area contributed by atoms with Crippen LogP contribution in [0.15, 0.2) is 30.6 Å². The smallest absolute Gasteiger partial charge is 0.121 e. The number of ether oxygens (including phenoxy) is 1. The van der Waals surface area contributed by atoms with Crippen LogP contribution in [-0.4, -0.2) is 16.7 Å². The number of hydrogen-bond acceptors (Lipinski definition) is 2. The number of benzene rings is 1. The van der Waals surface area contributed by atoms with Crippen LogP contribution in [0.4, 0.5) is 0 Å². The molecule has 0 aliphatic rings. The van der Waals surface area contributed by atoms with Gasteiger partial charge in [-0.05, 0) is 19.1 Å². The van der Waals surface area contributed by atoms with Crippen molar-refractivity contribution in [3.05, 3.63) is 30.6 Å². The van der Waals surface area contributed by atoms with Gasteiger partial charge in [0, 0.05) is 12.3 Å². The molecule has 3 nitrogen and oxygen atoms in total. The Hall–Kier alpha value is -1.77. The van der Waals surface area contributed by atoms with Gasteiger partial charge in [-0.1, -0.05) is 6.08 Å². The second-order valence-corrected chi connectivity index (χ2v) is 2.99. The summed E-state index contributed by atoms with van der Waals surface area (Å²) in [6.07, 6.45) is 5.74. The number of rotatable bonds is 2. The number of methoxy groups -OCH3 is 1. The highest BCUT2D eigenvalue weighted by molar-refractivity contribution is 5.78. The zero-order chi connectivity index (χ0) is 9.97. The molecular weight excluding hydrogens is 176 g/mol. The first-order chi connectivity index (χ1) is 6.85. The Morgan fingerprint density at radius 1 is 1.43 bits per heavy atom. The first-order valence-electron chi connectivity index (χ1n) is 4.48. The van der Waals surface area contributed by atoms with Crippen molar-refractivity contribution in [3.63, 3.8) is 0 Å². The second kappa shape index (κ2) is 3.54. The predicted octanol–water partition coefficient (Wildman–Crippen LogP) is 2.54. The van der Waals surface area contributed by atoms with Crippen molar-refractivity contribution >= 4 is 17.2 Å². The number of nitrogens with zero attached hydrogens (tertiary/aromatic N) is 2. The average molecular weight is 188 g/mol. The molecule has 2 aromatic rings. The maximum atomic E-state index is 5.16. The Morgan fingerprint density at radius 2 is 2.29 bits per heavy atom. The van der Waals surface area contributed by atoms with Crippen LogP contribution >= 0.6 is 0 Å². The molecule has 0 atom stereocenters. The summed E-state index contributed by atoms with van der Waals surface area (Å²) in [6.45, 7) is 1.98. The molecule has 0 spiro atoms. The lowest BCUT2D eigenvalue weighted by Crippen LogP contribution is -1.85. The molecule has 0 aliphatic carbocycles. The minimum Gasteiger partial charge on any atom is -0.497 e. The zero-order valence-corrected chi connectivity index (χ0v) is 8.27. The van der Waals surface area contributed by atoms with Crippen molar-refractivity contribution in [2.45, 2.75) is 6.92 Å². The summed E-state index contributed by atoms with van der Waals surface area (Å²) in [5.41, 5.74) is 2.03. The molecule has 14 heavy (non-hydrogen) atoms. The lowest BCUT2D eigenvalue weighted by molar-refractivity contribution is 0.415. The lowest BCUT2D eigenvalue weighted by Gasteiger charge is -2.00. The fourth-order valence-electron chi connectivity index (χ4n) is 1.41. The molecule has 0 saturated carbocycles. The van der Waals surface area contributed by atoms with E-state index in [1.54, 1.807) is 13.4 Å². The second-order valence-electron chi connectivity index (χ2n) is 2.99. The SMILES string of the molecule is C/C=C/n1cnc2ccc(OC)cc21. The molecule has 0 amide bonds. The highest BCUT2D eigenvalue weighted by Gasteiger charge is 2.01. The molecule has 2 rings (SSSR count). The van der Waals surface area contributed by atoms with E-state index in [0.717, 1.165) is 16.8 Å². The summed E-state index contributed by atoms with van der Waals surface area (Å²) in [5, 5.41) is 0. The van der Waals surface area contributed by atoms with Gasteiger partial charge in [0.25, 0.3) is 0 Å². The number of hydrogen-bond donors (Lipinski definition) is 0. The molecule has 72 valence electrons. The van der Waals surface area contributed by atoms with Crippen LogP contribution in [0, 0.1) is 0 Å². The summed E-state index contributed by atoms with van der Waals surface area (Å²) in [5.74, 6) is 0.851. The Bertz CT molecular complexity index is 471. The number of aromatic nitrogens is 2. The quantitative estimate of drug-likeness (QED) is 0.724. The fraction of sp³-hybridized carbons (Fsp3) is 0.182. The minimum atomic E-state index is 0.851. The molecule has 0 radical (unpaired) electrons. The Morgan fingerprint density at radius 3 is 3.00 bits per heavy atom. The van der Waals surface area contributed by atoms with Gasteiger partial charge >= 0.3 is 0 Å². The minimum absolute atomic E-state index is 0.851. The average Bonchev–Trinajstić information content (AvgIpc) is 2.61. The van der Waals surface area contributed by atoms with Crippen molar-refractivity contribution in [3.8, 4) is 5.75 Å². The van der Waals surface area contributed by atoms with Crippen LogP contribution < -0.4 is 4.74 Å². The van der Waals surface area contributed by atoms with Gasteiger partial charge in [-0.25, -0.2) is 4.98 Å². The van der Waals surface area contributed by atoms with E-state index in [4.69, 9.17) is 4.74 Å². The molecule has 1 heterocycles. The molecule has 0 N–H and O–H groups in total. The van der Waals surface area contributed by atoms with E-state index >= 15 is 0 Å². The molecule has 0 fully saturated rings. The molecule has 1 aromatic carbocycles. The number of allylic oxidation sites excluding steroid dienone is 1. The van der Waals surface area contributed by atoms with E-state index in [1.165, 1.54) is 0 Å². The molecular formula is C11H12N2O. The van der Waals surface area contributed by atoms with Gasteiger partial charge in [0.1, 0.15) is 5.75 Å². The number of imidazole rings is 1. The summed E-state index contributed by atoms with van der Waals surface area (Å²) in [6, 6.07) is 5.84. The van der Waals surface area contributed by atoms with Crippen LogP contribution in [0.2, 0.25) is 0 Å². The van der Waals surface area contributed by atoms with Crippen LogP contribution in [0.3, 0.4) is 0 Å². The molecule has 0 aliphatic heterocycles. The molecule has 0 bridgehead atoms. The van der Waals surface area contributed by atoms with E-state index in [1.807, 2.05) is 42.0 Å². The standard InChI is InChI=1S/C11H12N2O/c1-3-6-13-8-12-10-5-4-9(14-2)7-11(10)13/h3-8H,1-2H3/b6-3+. The molecule has 3 heteroatoms. The van der Waals surface area contributed by atoms with Crippen molar-refractivity contribution < 1.29 is 4.74 Å². The fourth-order valence-corrected chi connectivity index (χ4v) is 1.41. The van der Waals surface area contributed by atoms with E-state index in [-0.39, 0.29) is 0 Å². The Kier molecular flexibility index (Phi) is 2.23. The third kappa shape index (κ3) is 1.37. The third-order valence-corrected chi connectivity index (χ3v) is 2.09. The van der Waals surface area contributed by atoms with E-state index in [9.17, 15) is 0 Å². The normalized spacial score (nSPS) is 11.3. The van der Waals surface area contributed by atoms with Crippen molar-refractivity contribution in [2.24, 2.45) is 0 Å².